The maximum Gasteiger partial charge on any atom is 0.274 e. The zero-order valence-corrected chi connectivity index (χ0v) is 17.9. The molecule has 0 heterocycles. The number of rotatable bonds is 9. The summed E-state index contributed by atoms with van der Waals surface area (Å²) in [6.07, 6.45) is 8.05. The Morgan fingerprint density at radius 2 is 1.66 bits per heavy atom. The highest BCUT2D eigenvalue weighted by Gasteiger charge is 2.45. The number of hydrogen-bond donors (Lipinski definition) is 0. The fourth-order valence-corrected chi connectivity index (χ4v) is 5.22. The van der Waals surface area contributed by atoms with Crippen molar-refractivity contribution in [2.45, 2.75) is 95.5 Å². The van der Waals surface area contributed by atoms with E-state index < -0.39 is 12.0 Å². The van der Waals surface area contributed by atoms with E-state index in [2.05, 4.69) is 31.2 Å². The van der Waals surface area contributed by atoms with Crippen LogP contribution in [0.3, 0.4) is 0 Å². The van der Waals surface area contributed by atoms with Crippen LogP contribution in [0.2, 0.25) is 0 Å². The Balaban J connectivity index is 1.41. The average Bonchev–Trinajstić information content (AvgIpc) is 2.72. The minimum Gasteiger partial charge on any atom is -0.372 e. The van der Waals surface area contributed by atoms with Crippen molar-refractivity contribution in [3.8, 4) is 0 Å². The molecule has 2 unspecified atom stereocenters. The molecular weight excluding hydrogens is 373 g/mol. The Labute approximate surface area is 174 Å². The van der Waals surface area contributed by atoms with Gasteiger partial charge in [-0.15, -0.1) is 0 Å². The fraction of sp³-hybridized carbons (Fsp3) is 0.760. The molecule has 4 heteroatoms. The molecule has 0 amide bonds. The van der Waals surface area contributed by atoms with Gasteiger partial charge in [0.05, 0.1) is 13.3 Å². The molecule has 1 nitrogen and oxygen atoms in total. The van der Waals surface area contributed by atoms with Gasteiger partial charge in [0.1, 0.15) is 6.10 Å². The quantitative estimate of drug-likeness (QED) is 0.410. The van der Waals surface area contributed by atoms with Crippen molar-refractivity contribution in [2.75, 3.05) is 13.3 Å². The molecule has 0 spiro atoms. The monoisotopic (exact) mass is 410 g/mol. The van der Waals surface area contributed by atoms with E-state index in [4.69, 9.17) is 4.74 Å². The fourth-order valence-electron chi connectivity index (χ4n) is 5.22. The highest BCUT2D eigenvalue weighted by molar-refractivity contribution is 5.26. The molecule has 0 aliphatic heterocycles. The minimum absolute atomic E-state index is 0.000425. The highest BCUT2D eigenvalue weighted by atomic mass is 19.3. The van der Waals surface area contributed by atoms with Crippen LogP contribution in [-0.2, 0) is 11.2 Å². The van der Waals surface area contributed by atoms with Crippen LogP contribution in [0.15, 0.2) is 24.3 Å². The van der Waals surface area contributed by atoms with Gasteiger partial charge in [0.2, 0.25) is 0 Å². The summed E-state index contributed by atoms with van der Waals surface area (Å²) in [7, 11) is 0. The van der Waals surface area contributed by atoms with Crippen LogP contribution < -0.4 is 0 Å². The number of ether oxygens (including phenoxy) is 1. The van der Waals surface area contributed by atoms with Crippen molar-refractivity contribution in [2.24, 2.45) is 11.8 Å². The topological polar surface area (TPSA) is 9.23 Å². The van der Waals surface area contributed by atoms with Gasteiger partial charge in [-0.3, -0.25) is 4.39 Å². The van der Waals surface area contributed by atoms with E-state index in [0.29, 0.717) is 31.3 Å². The van der Waals surface area contributed by atoms with Crippen LogP contribution in [0.25, 0.3) is 0 Å². The van der Waals surface area contributed by atoms with E-state index in [-0.39, 0.29) is 19.0 Å². The van der Waals surface area contributed by atoms with E-state index in [1.807, 2.05) is 0 Å². The third-order valence-corrected chi connectivity index (χ3v) is 7.00. The van der Waals surface area contributed by atoms with Gasteiger partial charge >= 0.3 is 0 Å². The molecule has 0 saturated heterocycles. The maximum atomic E-state index is 14.4. The van der Waals surface area contributed by atoms with Gasteiger partial charge < -0.3 is 4.74 Å². The highest BCUT2D eigenvalue weighted by Crippen LogP contribution is 2.41. The first-order chi connectivity index (χ1) is 14.0. The normalized spacial score (nSPS) is 29.7. The summed E-state index contributed by atoms with van der Waals surface area (Å²) < 4.78 is 47.0. The zero-order chi connectivity index (χ0) is 20.7. The van der Waals surface area contributed by atoms with Crippen molar-refractivity contribution < 1.29 is 17.9 Å². The lowest BCUT2D eigenvalue weighted by Crippen LogP contribution is -2.42. The van der Waals surface area contributed by atoms with E-state index in [1.165, 1.54) is 11.1 Å². The van der Waals surface area contributed by atoms with Crippen molar-refractivity contribution in [1.82, 2.24) is 0 Å². The molecule has 3 rings (SSSR count). The van der Waals surface area contributed by atoms with Crippen molar-refractivity contribution in [3.63, 3.8) is 0 Å². The third kappa shape index (κ3) is 6.47. The Bertz CT molecular complexity index is 593. The van der Waals surface area contributed by atoms with E-state index in [1.54, 1.807) is 0 Å². The first-order valence-corrected chi connectivity index (χ1v) is 11.7. The number of benzene rings is 1. The molecule has 0 radical (unpaired) electrons. The molecule has 0 bridgehead atoms. The predicted molar refractivity (Wildman–Crippen MR) is 112 cm³/mol. The summed E-state index contributed by atoms with van der Waals surface area (Å²) in [6.45, 7) is 2.28. The Kier molecular flexibility index (Phi) is 8.46. The van der Waals surface area contributed by atoms with E-state index in [0.717, 1.165) is 51.4 Å². The molecule has 2 atom stereocenters. The van der Waals surface area contributed by atoms with Crippen molar-refractivity contribution >= 4 is 0 Å². The molecule has 164 valence electrons. The number of hydrogen-bond acceptors (Lipinski definition) is 1. The smallest absolute Gasteiger partial charge is 0.274 e. The molecular formula is C25H37F3O. The zero-order valence-electron chi connectivity index (χ0n) is 17.9. The summed E-state index contributed by atoms with van der Waals surface area (Å²) in [5.41, 5.74) is 2.55. The molecule has 0 aromatic heterocycles. The summed E-state index contributed by atoms with van der Waals surface area (Å²) in [6, 6.07) is 8.61. The van der Waals surface area contributed by atoms with Crippen LogP contribution >= 0.6 is 0 Å². The molecule has 29 heavy (non-hydrogen) atoms. The van der Waals surface area contributed by atoms with Gasteiger partial charge in [0, 0.05) is 6.42 Å². The van der Waals surface area contributed by atoms with Gasteiger partial charge in [-0.05, 0) is 80.2 Å². The second-order valence-electron chi connectivity index (χ2n) is 9.27. The Hall–Kier alpha value is -1.03. The number of halogens is 3. The molecule has 1 aromatic rings. The van der Waals surface area contributed by atoms with Gasteiger partial charge in [-0.1, -0.05) is 44.0 Å². The lowest BCUT2D eigenvalue weighted by molar-refractivity contribution is -0.174. The lowest BCUT2D eigenvalue weighted by atomic mass is 9.78. The van der Waals surface area contributed by atoms with Crippen LogP contribution in [-0.4, -0.2) is 25.3 Å². The van der Waals surface area contributed by atoms with E-state index in [9.17, 15) is 13.2 Å². The second kappa shape index (κ2) is 10.8. The Morgan fingerprint density at radius 3 is 2.28 bits per heavy atom. The minimum atomic E-state index is -2.67. The van der Waals surface area contributed by atoms with Crippen molar-refractivity contribution in [1.29, 1.82) is 0 Å². The standard InChI is InChI=1S/C25H37F3O/c1-2-4-20-10-15-24(25(27,28)17-20)29-18-21-8-13-23(14-9-21)22-11-6-19(7-12-22)5-3-16-26/h6-7,11-12,20-21,23-24H,2-5,8-10,13-18H2,1H3. The maximum absolute atomic E-state index is 14.4. The first-order valence-electron chi connectivity index (χ1n) is 11.7. The summed E-state index contributed by atoms with van der Waals surface area (Å²) in [5.74, 6) is -1.56. The van der Waals surface area contributed by atoms with E-state index >= 15 is 0 Å². The van der Waals surface area contributed by atoms with Crippen LogP contribution in [0, 0.1) is 11.8 Å². The summed E-state index contributed by atoms with van der Waals surface area (Å²) in [5, 5.41) is 0. The van der Waals surface area contributed by atoms with Crippen molar-refractivity contribution in [3.05, 3.63) is 35.4 Å². The van der Waals surface area contributed by atoms with Gasteiger partial charge in [0.25, 0.3) is 5.92 Å². The molecule has 2 fully saturated rings. The SMILES string of the molecule is CCCC1CCC(OCC2CCC(c3ccc(CCCF)cc3)CC2)C(F)(F)C1. The van der Waals surface area contributed by atoms with Crippen LogP contribution in [0.5, 0.6) is 0 Å². The Morgan fingerprint density at radius 1 is 0.966 bits per heavy atom. The molecule has 2 saturated carbocycles. The molecule has 1 aromatic carbocycles. The van der Waals surface area contributed by atoms with Gasteiger partial charge in [-0.25, -0.2) is 8.78 Å². The number of aryl methyl sites for hydroxylation is 1. The molecule has 2 aliphatic carbocycles. The summed E-state index contributed by atoms with van der Waals surface area (Å²) >= 11 is 0. The number of alkyl halides is 3. The molecule has 2 aliphatic rings. The molecule has 0 N–H and O–H groups in total. The second-order valence-corrected chi connectivity index (χ2v) is 9.27. The predicted octanol–water partition coefficient (Wildman–Crippen LogP) is 7.48. The lowest BCUT2D eigenvalue weighted by Gasteiger charge is -2.37. The third-order valence-electron chi connectivity index (χ3n) is 7.00. The summed E-state index contributed by atoms with van der Waals surface area (Å²) in [4.78, 5) is 0. The first kappa shape index (κ1) is 22.7. The largest absolute Gasteiger partial charge is 0.372 e. The van der Waals surface area contributed by atoms with Crippen LogP contribution in [0.4, 0.5) is 13.2 Å². The average molecular weight is 411 g/mol. The van der Waals surface area contributed by atoms with Crippen LogP contribution in [0.1, 0.15) is 88.2 Å². The van der Waals surface area contributed by atoms with Gasteiger partial charge in [-0.2, -0.15) is 0 Å². The van der Waals surface area contributed by atoms with Gasteiger partial charge in [0.15, 0.2) is 0 Å².